The maximum atomic E-state index is 12.4. The van der Waals surface area contributed by atoms with E-state index in [1.165, 1.54) is 5.57 Å². The van der Waals surface area contributed by atoms with E-state index in [1.54, 1.807) is 31.4 Å². The second kappa shape index (κ2) is 7.31. The lowest BCUT2D eigenvalue weighted by atomic mass is 9.72. The normalized spacial score (nSPS) is 19.9. The van der Waals surface area contributed by atoms with E-state index in [4.69, 9.17) is 4.74 Å². The second-order valence-corrected chi connectivity index (χ2v) is 7.52. The first-order chi connectivity index (χ1) is 10.8. The Morgan fingerprint density at radius 3 is 2.70 bits per heavy atom. The number of aliphatic hydroxyl groups excluding tert-OH is 1. The SMILES string of the molecule is COc1cccc(C(=O)[C@@H](O)CC2=CC[C@@H](C(C)(C)C)CC2)c1. The van der Waals surface area contributed by atoms with Crippen molar-refractivity contribution in [1.82, 2.24) is 0 Å². The van der Waals surface area contributed by atoms with Gasteiger partial charge in [-0.1, -0.05) is 44.6 Å². The lowest BCUT2D eigenvalue weighted by Crippen LogP contribution is -2.25. The van der Waals surface area contributed by atoms with Crippen molar-refractivity contribution in [3.8, 4) is 5.75 Å². The molecule has 1 N–H and O–H groups in total. The lowest BCUT2D eigenvalue weighted by Gasteiger charge is -2.33. The number of Topliss-reactive ketones (excluding diaryl/α,β-unsaturated/α-hetero) is 1. The number of benzene rings is 1. The zero-order valence-electron chi connectivity index (χ0n) is 14.6. The van der Waals surface area contributed by atoms with Crippen LogP contribution in [-0.2, 0) is 0 Å². The summed E-state index contributed by atoms with van der Waals surface area (Å²) < 4.78 is 5.13. The molecule has 0 amide bonds. The first-order valence-corrected chi connectivity index (χ1v) is 8.35. The number of aliphatic hydroxyl groups is 1. The fourth-order valence-electron chi connectivity index (χ4n) is 3.17. The number of hydrogen-bond acceptors (Lipinski definition) is 3. The van der Waals surface area contributed by atoms with Crippen molar-refractivity contribution in [3.63, 3.8) is 0 Å². The highest BCUT2D eigenvalue weighted by atomic mass is 16.5. The van der Waals surface area contributed by atoms with E-state index in [1.807, 2.05) is 0 Å². The molecule has 0 heterocycles. The Morgan fingerprint density at radius 2 is 2.13 bits per heavy atom. The van der Waals surface area contributed by atoms with Crippen LogP contribution in [0.2, 0.25) is 0 Å². The van der Waals surface area contributed by atoms with E-state index in [2.05, 4.69) is 26.8 Å². The van der Waals surface area contributed by atoms with E-state index in [0.717, 1.165) is 19.3 Å². The van der Waals surface area contributed by atoms with E-state index in [0.29, 0.717) is 29.1 Å². The highest BCUT2D eigenvalue weighted by molar-refractivity contribution is 5.99. The molecule has 0 bridgehead atoms. The van der Waals surface area contributed by atoms with Crippen LogP contribution in [0.15, 0.2) is 35.9 Å². The van der Waals surface area contributed by atoms with Gasteiger partial charge in [-0.3, -0.25) is 4.79 Å². The summed E-state index contributed by atoms with van der Waals surface area (Å²) in [5, 5.41) is 10.3. The zero-order chi connectivity index (χ0) is 17.0. The van der Waals surface area contributed by atoms with Gasteiger partial charge >= 0.3 is 0 Å². The van der Waals surface area contributed by atoms with Crippen molar-refractivity contribution < 1.29 is 14.6 Å². The summed E-state index contributed by atoms with van der Waals surface area (Å²) in [6.07, 6.45) is 4.84. The minimum atomic E-state index is -0.973. The van der Waals surface area contributed by atoms with Crippen molar-refractivity contribution in [1.29, 1.82) is 0 Å². The first-order valence-electron chi connectivity index (χ1n) is 8.35. The molecule has 3 heteroatoms. The third kappa shape index (κ3) is 4.68. The smallest absolute Gasteiger partial charge is 0.191 e. The number of carbonyl (C=O) groups is 1. The van der Waals surface area contributed by atoms with Crippen LogP contribution in [0.1, 0.15) is 56.8 Å². The van der Waals surface area contributed by atoms with E-state index >= 15 is 0 Å². The Kier molecular flexibility index (Phi) is 5.64. The molecule has 0 unspecified atom stereocenters. The third-order valence-electron chi connectivity index (χ3n) is 4.84. The maximum Gasteiger partial charge on any atom is 0.191 e. The van der Waals surface area contributed by atoms with Crippen LogP contribution >= 0.6 is 0 Å². The number of ether oxygens (including phenoxy) is 1. The monoisotopic (exact) mass is 316 g/mol. The van der Waals surface area contributed by atoms with Crippen LogP contribution in [0.25, 0.3) is 0 Å². The molecule has 2 atom stereocenters. The van der Waals surface area contributed by atoms with Crippen LogP contribution < -0.4 is 4.74 Å². The Labute approximate surface area is 139 Å². The summed E-state index contributed by atoms with van der Waals surface area (Å²) in [6.45, 7) is 6.83. The van der Waals surface area contributed by atoms with Gasteiger partial charge in [0, 0.05) is 12.0 Å². The topological polar surface area (TPSA) is 46.5 Å². The maximum absolute atomic E-state index is 12.4. The molecule has 2 rings (SSSR count). The molecule has 1 aromatic carbocycles. The highest BCUT2D eigenvalue weighted by Crippen LogP contribution is 2.38. The van der Waals surface area contributed by atoms with Gasteiger partial charge in [0.15, 0.2) is 5.78 Å². The summed E-state index contributed by atoms with van der Waals surface area (Å²) in [6, 6.07) is 6.96. The molecular formula is C20H28O3. The van der Waals surface area contributed by atoms with Crippen molar-refractivity contribution in [3.05, 3.63) is 41.5 Å². The van der Waals surface area contributed by atoms with Crippen LogP contribution in [0.5, 0.6) is 5.75 Å². The molecule has 23 heavy (non-hydrogen) atoms. The molecule has 1 aliphatic rings. The van der Waals surface area contributed by atoms with Gasteiger partial charge in [0.2, 0.25) is 0 Å². The van der Waals surface area contributed by atoms with Gasteiger partial charge in [0.25, 0.3) is 0 Å². The van der Waals surface area contributed by atoms with Crippen molar-refractivity contribution >= 4 is 5.78 Å². The van der Waals surface area contributed by atoms with Gasteiger partial charge in [-0.15, -0.1) is 0 Å². The Balaban J connectivity index is 1.98. The summed E-state index contributed by atoms with van der Waals surface area (Å²) in [5.41, 5.74) is 2.02. The molecule has 1 aromatic rings. The van der Waals surface area contributed by atoms with Crippen molar-refractivity contribution in [2.45, 2.75) is 52.6 Å². The van der Waals surface area contributed by atoms with E-state index in [-0.39, 0.29) is 5.78 Å². The number of ketones is 1. The second-order valence-electron chi connectivity index (χ2n) is 7.52. The van der Waals surface area contributed by atoms with Crippen LogP contribution in [-0.4, -0.2) is 24.1 Å². The molecule has 0 radical (unpaired) electrons. The number of allylic oxidation sites excluding steroid dienone is 1. The molecule has 0 saturated carbocycles. The number of hydrogen-bond donors (Lipinski definition) is 1. The minimum Gasteiger partial charge on any atom is -0.497 e. The lowest BCUT2D eigenvalue weighted by molar-refractivity contribution is 0.0743. The van der Waals surface area contributed by atoms with Crippen LogP contribution in [0.3, 0.4) is 0 Å². The fourth-order valence-corrected chi connectivity index (χ4v) is 3.17. The molecule has 126 valence electrons. The van der Waals surface area contributed by atoms with Gasteiger partial charge in [-0.05, 0) is 42.7 Å². The Bertz CT molecular complexity index is 581. The molecule has 0 aromatic heterocycles. The van der Waals surface area contributed by atoms with Crippen molar-refractivity contribution in [2.24, 2.45) is 11.3 Å². The van der Waals surface area contributed by atoms with Crippen molar-refractivity contribution in [2.75, 3.05) is 7.11 Å². The molecular weight excluding hydrogens is 288 g/mol. The van der Waals surface area contributed by atoms with Crippen LogP contribution in [0.4, 0.5) is 0 Å². The average Bonchev–Trinajstić information content (AvgIpc) is 2.53. The van der Waals surface area contributed by atoms with Gasteiger partial charge in [-0.25, -0.2) is 0 Å². The summed E-state index contributed by atoms with van der Waals surface area (Å²) in [5.74, 6) is 1.08. The summed E-state index contributed by atoms with van der Waals surface area (Å²) in [4.78, 5) is 12.4. The van der Waals surface area contributed by atoms with E-state index in [9.17, 15) is 9.90 Å². The Morgan fingerprint density at radius 1 is 1.39 bits per heavy atom. The average molecular weight is 316 g/mol. The predicted molar refractivity (Wildman–Crippen MR) is 92.8 cm³/mol. The van der Waals surface area contributed by atoms with Crippen LogP contribution in [0, 0.1) is 11.3 Å². The summed E-state index contributed by atoms with van der Waals surface area (Å²) in [7, 11) is 1.57. The van der Waals surface area contributed by atoms with Gasteiger partial charge in [-0.2, -0.15) is 0 Å². The molecule has 0 aliphatic heterocycles. The largest absolute Gasteiger partial charge is 0.497 e. The van der Waals surface area contributed by atoms with Gasteiger partial charge in [0.1, 0.15) is 11.9 Å². The van der Waals surface area contributed by atoms with Gasteiger partial charge in [0.05, 0.1) is 7.11 Å². The molecule has 1 aliphatic carbocycles. The highest BCUT2D eigenvalue weighted by Gasteiger charge is 2.27. The first kappa shape index (κ1) is 17.7. The molecule has 0 saturated heterocycles. The van der Waals surface area contributed by atoms with E-state index < -0.39 is 6.10 Å². The number of carbonyl (C=O) groups excluding carboxylic acids is 1. The number of rotatable bonds is 5. The molecule has 0 spiro atoms. The third-order valence-corrected chi connectivity index (χ3v) is 4.84. The minimum absolute atomic E-state index is 0.234. The summed E-state index contributed by atoms with van der Waals surface area (Å²) >= 11 is 0. The van der Waals surface area contributed by atoms with Gasteiger partial charge < -0.3 is 9.84 Å². The molecule has 3 nitrogen and oxygen atoms in total. The quantitative estimate of drug-likeness (QED) is 0.647. The standard InChI is InChI=1S/C20H28O3/c1-20(2,3)16-10-8-14(9-11-16)12-18(21)19(22)15-6-5-7-17(13-15)23-4/h5-8,13,16,18,21H,9-12H2,1-4H3/t16-,18+/m1/s1. The predicted octanol–water partition coefficient (Wildman–Crippen LogP) is 4.40. The number of methoxy groups -OCH3 is 1. The zero-order valence-corrected chi connectivity index (χ0v) is 14.6. The molecule has 0 fully saturated rings. The Hall–Kier alpha value is -1.61. The fraction of sp³-hybridized carbons (Fsp3) is 0.550.